The predicted octanol–water partition coefficient (Wildman–Crippen LogP) is 3.64. The lowest BCUT2D eigenvalue weighted by Gasteiger charge is -2.27. The third-order valence-corrected chi connectivity index (χ3v) is 5.55. The molecule has 1 saturated heterocycles. The number of benzene rings is 1. The summed E-state index contributed by atoms with van der Waals surface area (Å²) in [5.74, 6) is -2.85. The largest absolute Gasteiger partial charge is 0.388 e. The summed E-state index contributed by atoms with van der Waals surface area (Å²) in [6, 6.07) is 11.0. The lowest BCUT2D eigenvalue weighted by molar-refractivity contribution is -0.131. The minimum Gasteiger partial charge on any atom is -0.388 e. The number of hydrogen-bond donors (Lipinski definition) is 2. The van der Waals surface area contributed by atoms with Crippen molar-refractivity contribution in [3.8, 4) is 0 Å². The van der Waals surface area contributed by atoms with Crippen molar-refractivity contribution < 1.29 is 23.1 Å². The van der Waals surface area contributed by atoms with E-state index in [9.17, 15) is 13.6 Å². The van der Waals surface area contributed by atoms with Gasteiger partial charge in [-0.05, 0) is 42.7 Å². The number of fused-ring (bicyclic) bond motifs is 1. The number of carbonyl (C=O) groups is 1. The van der Waals surface area contributed by atoms with Crippen molar-refractivity contribution in [2.75, 3.05) is 11.9 Å². The van der Waals surface area contributed by atoms with Crippen LogP contribution in [0.5, 0.6) is 0 Å². The Morgan fingerprint density at radius 1 is 1.31 bits per heavy atom. The fourth-order valence-electron chi connectivity index (χ4n) is 3.73. The Labute approximate surface area is 182 Å². The fourth-order valence-corrected chi connectivity index (χ4v) is 3.73. The van der Waals surface area contributed by atoms with E-state index in [2.05, 4.69) is 20.8 Å². The van der Waals surface area contributed by atoms with Crippen LogP contribution in [0.2, 0.25) is 0 Å². The molecule has 2 aliphatic rings. The summed E-state index contributed by atoms with van der Waals surface area (Å²) in [5.41, 5.74) is 6.14. The molecule has 32 heavy (non-hydrogen) atoms. The molecule has 8 nitrogen and oxygen atoms in total. The predicted molar refractivity (Wildman–Crippen MR) is 113 cm³/mol. The number of aromatic nitrogens is 2. The summed E-state index contributed by atoms with van der Waals surface area (Å²) >= 11 is 0. The lowest BCUT2D eigenvalue weighted by Crippen LogP contribution is -2.39. The number of carbonyl (C=O) groups excluding carboxylic acids is 1. The molecule has 1 aromatic carbocycles. The molecular formula is C22H21F2N5O3. The smallest absolute Gasteiger partial charge is 0.274 e. The Bertz CT molecular complexity index is 1200. The summed E-state index contributed by atoms with van der Waals surface area (Å²) in [6.07, 6.45) is 2.03. The van der Waals surface area contributed by atoms with Gasteiger partial charge in [0.2, 0.25) is 5.90 Å². The van der Waals surface area contributed by atoms with Gasteiger partial charge in [-0.1, -0.05) is 18.2 Å². The molecule has 1 amide bonds. The summed E-state index contributed by atoms with van der Waals surface area (Å²) in [7, 11) is 0. The average Bonchev–Trinajstić information content (AvgIpc) is 3.43. The zero-order chi connectivity index (χ0) is 22.3. The van der Waals surface area contributed by atoms with Crippen molar-refractivity contribution in [1.82, 2.24) is 14.9 Å². The molecule has 2 aliphatic heterocycles. The van der Waals surface area contributed by atoms with Crippen molar-refractivity contribution in [3.63, 3.8) is 0 Å². The number of aryl methyl sites for hydroxylation is 1. The Balaban J connectivity index is 1.33. The van der Waals surface area contributed by atoms with Gasteiger partial charge in [-0.15, -0.1) is 5.48 Å². The zero-order valence-corrected chi connectivity index (χ0v) is 17.2. The first-order valence-corrected chi connectivity index (χ1v) is 10.2. The molecular weight excluding hydrogens is 420 g/mol. The number of nitrogens with zero attached hydrogens (tertiary/aromatic N) is 3. The number of alkyl halides is 2. The van der Waals surface area contributed by atoms with Crippen LogP contribution in [0, 0.1) is 6.92 Å². The van der Waals surface area contributed by atoms with Crippen molar-refractivity contribution in [3.05, 3.63) is 65.6 Å². The molecule has 0 aliphatic carbocycles. The quantitative estimate of drug-likeness (QED) is 0.645. The lowest BCUT2D eigenvalue weighted by atomic mass is 10.1. The Morgan fingerprint density at radius 2 is 2.19 bits per heavy atom. The minimum atomic E-state index is -2.81. The number of ether oxygens (including phenoxy) is 1. The Kier molecular flexibility index (Phi) is 5.10. The van der Waals surface area contributed by atoms with E-state index in [1.54, 1.807) is 16.7 Å². The molecule has 10 heteroatoms. The standard InChI is InChI=1S/C22H21F2N5O3/c1-13-5-6-14(19-27-21(32-28-19)17-7-8-22(23,24)12-31-17)10-15(13)26-20(30)16-11-25-18-4-2-3-9-29(16)18/h2-6,9-11,17,19,28H,7-8,12H2,1H3,(H,26,30). The number of anilines is 1. The molecule has 2 unspecified atom stereocenters. The van der Waals surface area contributed by atoms with Crippen LogP contribution in [0.25, 0.3) is 5.65 Å². The number of amides is 1. The van der Waals surface area contributed by atoms with Gasteiger partial charge in [0.15, 0.2) is 6.17 Å². The van der Waals surface area contributed by atoms with E-state index in [0.29, 0.717) is 17.0 Å². The molecule has 3 aromatic rings. The van der Waals surface area contributed by atoms with E-state index in [-0.39, 0.29) is 24.6 Å². The van der Waals surface area contributed by atoms with Gasteiger partial charge >= 0.3 is 0 Å². The van der Waals surface area contributed by atoms with Crippen LogP contribution < -0.4 is 10.8 Å². The maximum atomic E-state index is 13.3. The van der Waals surface area contributed by atoms with Gasteiger partial charge in [0.25, 0.3) is 11.8 Å². The van der Waals surface area contributed by atoms with Crippen LogP contribution in [0.15, 0.2) is 53.8 Å². The molecule has 0 bridgehead atoms. The molecule has 2 N–H and O–H groups in total. The first-order chi connectivity index (χ1) is 15.4. The molecule has 0 spiro atoms. The molecule has 166 valence electrons. The van der Waals surface area contributed by atoms with Crippen molar-refractivity contribution >= 4 is 23.1 Å². The van der Waals surface area contributed by atoms with Gasteiger partial charge in [0.05, 0.1) is 6.20 Å². The topological polar surface area (TPSA) is 89.2 Å². The average molecular weight is 441 g/mol. The summed E-state index contributed by atoms with van der Waals surface area (Å²) in [4.78, 5) is 27.0. The second kappa shape index (κ2) is 7.95. The number of hydroxylamine groups is 1. The molecule has 0 radical (unpaired) electrons. The van der Waals surface area contributed by atoms with E-state index < -0.39 is 24.8 Å². The molecule has 0 saturated carbocycles. The SMILES string of the molecule is Cc1ccc(C2N=C(C3CCC(F)(F)CO3)ON2)cc1NC(=O)c1cnc2ccccn12. The highest BCUT2D eigenvalue weighted by atomic mass is 19.3. The van der Waals surface area contributed by atoms with E-state index in [4.69, 9.17) is 9.57 Å². The highest BCUT2D eigenvalue weighted by Gasteiger charge is 2.40. The second-order valence-corrected chi connectivity index (χ2v) is 7.88. The highest BCUT2D eigenvalue weighted by Crippen LogP contribution is 2.31. The highest BCUT2D eigenvalue weighted by molar-refractivity contribution is 6.04. The van der Waals surface area contributed by atoms with Gasteiger partial charge in [0.1, 0.15) is 24.1 Å². The van der Waals surface area contributed by atoms with Crippen molar-refractivity contribution in [2.24, 2.45) is 4.99 Å². The van der Waals surface area contributed by atoms with Crippen LogP contribution in [-0.2, 0) is 9.57 Å². The number of rotatable bonds is 4. The molecule has 1 fully saturated rings. The maximum Gasteiger partial charge on any atom is 0.274 e. The van der Waals surface area contributed by atoms with Crippen molar-refractivity contribution in [2.45, 2.75) is 38.0 Å². The van der Waals surface area contributed by atoms with Gasteiger partial charge in [0, 0.05) is 18.3 Å². The zero-order valence-electron chi connectivity index (χ0n) is 17.2. The van der Waals surface area contributed by atoms with Crippen LogP contribution >= 0.6 is 0 Å². The first-order valence-electron chi connectivity index (χ1n) is 10.2. The number of imidazole rings is 1. The van der Waals surface area contributed by atoms with Gasteiger partial charge in [-0.2, -0.15) is 0 Å². The fraction of sp³-hybridized carbons (Fsp3) is 0.318. The number of aliphatic imine (C=N–C) groups is 1. The monoisotopic (exact) mass is 441 g/mol. The minimum absolute atomic E-state index is 0.134. The second-order valence-electron chi connectivity index (χ2n) is 7.88. The van der Waals surface area contributed by atoms with Gasteiger partial charge in [-0.3, -0.25) is 9.20 Å². The number of nitrogens with one attached hydrogen (secondary N) is 2. The Hall–Kier alpha value is -3.37. The van der Waals surface area contributed by atoms with Crippen LogP contribution in [0.3, 0.4) is 0 Å². The van der Waals surface area contributed by atoms with Gasteiger partial charge < -0.3 is 14.9 Å². The van der Waals surface area contributed by atoms with E-state index in [1.807, 2.05) is 37.3 Å². The molecule has 2 atom stereocenters. The normalized spacial score (nSPS) is 22.4. The molecule has 5 rings (SSSR count). The van der Waals surface area contributed by atoms with Crippen molar-refractivity contribution in [1.29, 1.82) is 0 Å². The third kappa shape index (κ3) is 3.94. The van der Waals surface area contributed by atoms with Crippen LogP contribution in [0.1, 0.15) is 40.6 Å². The van der Waals surface area contributed by atoms with E-state index >= 15 is 0 Å². The summed E-state index contributed by atoms with van der Waals surface area (Å²) < 4.78 is 33.6. The summed E-state index contributed by atoms with van der Waals surface area (Å²) in [5, 5.41) is 2.93. The third-order valence-electron chi connectivity index (χ3n) is 5.55. The number of pyridine rings is 1. The molecule has 4 heterocycles. The number of halogens is 2. The first kappa shape index (κ1) is 20.5. The van der Waals surface area contributed by atoms with Crippen LogP contribution in [0.4, 0.5) is 14.5 Å². The maximum absolute atomic E-state index is 13.3. The summed E-state index contributed by atoms with van der Waals surface area (Å²) in [6.45, 7) is 1.24. The van der Waals surface area contributed by atoms with Gasteiger partial charge in [-0.25, -0.2) is 18.8 Å². The molecule has 2 aromatic heterocycles. The number of hydrogen-bond acceptors (Lipinski definition) is 6. The van der Waals surface area contributed by atoms with E-state index in [1.165, 1.54) is 6.20 Å². The Morgan fingerprint density at radius 3 is 3.00 bits per heavy atom. The van der Waals surface area contributed by atoms with E-state index in [0.717, 1.165) is 11.1 Å². The van der Waals surface area contributed by atoms with Crippen LogP contribution in [-0.4, -0.2) is 39.8 Å².